The fourth-order valence-electron chi connectivity index (χ4n) is 1.97. The predicted octanol–water partition coefficient (Wildman–Crippen LogP) is 2.70. The van der Waals surface area contributed by atoms with Crippen LogP contribution in [0.2, 0.25) is 0 Å². The first-order valence-corrected chi connectivity index (χ1v) is 6.58. The molecule has 1 aliphatic heterocycles. The Labute approximate surface area is 122 Å². The average Bonchev–Trinajstić information content (AvgIpc) is 2.81. The van der Waals surface area contributed by atoms with Crippen LogP contribution in [0, 0.1) is 0 Å². The van der Waals surface area contributed by atoms with Crippen LogP contribution in [-0.4, -0.2) is 17.6 Å². The molecule has 2 aromatic carbocycles. The number of nitrogens with one attached hydrogen (secondary N) is 1. The standard InChI is InChI=1S/C15H12N2O2S/c18-14-10-16-15(20)17(14)11-6-8-13(9-7-11)19-12-4-2-1-3-5-12/h1-9H,10H2,(H,16,20). The molecule has 2 aromatic rings. The first-order valence-electron chi connectivity index (χ1n) is 6.18. The zero-order valence-corrected chi connectivity index (χ0v) is 11.4. The van der Waals surface area contributed by atoms with Crippen LogP contribution in [-0.2, 0) is 4.79 Å². The lowest BCUT2D eigenvalue weighted by Gasteiger charge is -2.15. The van der Waals surface area contributed by atoms with Crippen molar-refractivity contribution in [2.75, 3.05) is 11.4 Å². The van der Waals surface area contributed by atoms with Gasteiger partial charge in [0.2, 0.25) is 0 Å². The number of carbonyl (C=O) groups excluding carboxylic acids is 1. The van der Waals surface area contributed by atoms with Gasteiger partial charge in [-0.15, -0.1) is 0 Å². The van der Waals surface area contributed by atoms with E-state index in [1.807, 2.05) is 54.6 Å². The number of carbonyl (C=O) groups is 1. The van der Waals surface area contributed by atoms with Crippen LogP contribution in [0.15, 0.2) is 54.6 Å². The summed E-state index contributed by atoms with van der Waals surface area (Å²) in [6, 6.07) is 16.8. The van der Waals surface area contributed by atoms with Crippen LogP contribution in [0.1, 0.15) is 0 Å². The summed E-state index contributed by atoms with van der Waals surface area (Å²) >= 11 is 5.10. The normalized spacial score (nSPS) is 14.3. The van der Waals surface area contributed by atoms with Gasteiger partial charge in [-0.2, -0.15) is 0 Å². The van der Waals surface area contributed by atoms with Crippen molar-refractivity contribution >= 4 is 28.9 Å². The molecule has 1 aliphatic rings. The Morgan fingerprint density at radius 2 is 1.65 bits per heavy atom. The van der Waals surface area contributed by atoms with Crippen molar-refractivity contribution < 1.29 is 9.53 Å². The molecule has 0 atom stereocenters. The molecule has 100 valence electrons. The van der Waals surface area contributed by atoms with E-state index in [-0.39, 0.29) is 12.5 Å². The van der Waals surface area contributed by atoms with Crippen molar-refractivity contribution in [3.63, 3.8) is 0 Å². The smallest absolute Gasteiger partial charge is 0.252 e. The molecule has 0 aliphatic carbocycles. The molecular weight excluding hydrogens is 272 g/mol. The first kappa shape index (κ1) is 12.6. The number of hydrogen-bond donors (Lipinski definition) is 1. The molecule has 1 saturated heterocycles. The van der Waals surface area contributed by atoms with Crippen LogP contribution in [0.5, 0.6) is 11.5 Å². The second-order valence-electron chi connectivity index (χ2n) is 4.30. The number of rotatable bonds is 3. The number of amides is 1. The highest BCUT2D eigenvalue weighted by molar-refractivity contribution is 7.80. The Hall–Kier alpha value is -2.40. The summed E-state index contributed by atoms with van der Waals surface area (Å²) in [6.07, 6.45) is 0. The summed E-state index contributed by atoms with van der Waals surface area (Å²) < 4.78 is 5.70. The molecule has 0 spiro atoms. The van der Waals surface area contributed by atoms with E-state index in [1.165, 1.54) is 4.90 Å². The van der Waals surface area contributed by atoms with Crippen LogP contribution >= 0.6 is 12.2 Å². The maximum absolute atomic E-state index is 11.7. The van der Waals surface area contributed by atoms with E-state index < -0.39 is 0 Å². The molecule has 3 rings (SSSR count). The Balaban J connectivity index is 1.78. The summed E-state index contributed by atoms with van der Waals surface area (Å²) in [7, 11) is 0. The Kier molecular flexibility index (Phi) is 3.35. The zero-order valence-electron chi connectivity index (χ0n) is 10.6. The number of anilines is 1. The maximum Gasteiger partial charge on any atom is 0.252 e. The average molecular weight is 284 g/mol. The highest BCUT2D eigenvalue weighted by atomic mass is 32.1. The largest absolute Gasteiger partial charge is 0.457 e. The van der Waals surface area contributed by atoms with E-state index in [1.54, 1.807) is 0 Å². The summed E-state index contributed by atoms with van der Waals surface area (Å²) in [5.41, 5.74) is 0.741. The molecule has 0 bridgehead atoms. The quantitative estimate of drug-likeness (QED) is 0.880. The summed E-state index contributed by atoms with van der Waals surface area (Å²) in [5.74, 6) is 1.44. The van der Waals surface area contributed by atoms with Gasteiger partial charge in [-0.3, -0.25) is 9.69 Å². The Morgan fingerprint density at radius 3 is 2.25 bits per heavy atom. The van der Waals surface area contributed by atoms with Crippen LogP contribution in [0.25, 0.3) is 0 Å². The minimum atomic E-state index is -0.0493. The molecule has 0 radical (unpaired) electrons. The van der Waals surface area contributed by atoms with E-state index in [0.717, 1.165) is 11.4 Å². The fourth-order valence-corrected chi connectivity index (χ4v) is 2.25. The van der Waals surface area contributed by atoms with Crippen LogP contribution in [0.3, 0.4) is 0 Å². The molecule has 1 fully saturated rings. The van der Waals surface area contributed by atoms with Crippen molar-refractivity contribution in [3.8, 4) is 11.5 Å². The molecule has 1 N–H and O–H groups in total. The summed E-state index contributed by atoms with van der Waals surface area (Å²) in [4.78, 5) is 13.2. The molecule has 5 heteroatoms. The lowest BCUT2D eigenvalue weighted by Crippen LogP contribution is -2.30. The fraction of sp³-hybridized carbons (Fsp3) is 0.0667. The van der Waals surface area contributed by atoms with Gasteiger partial charge in [-0.1, -0.05) is 18.2 Å². The molecule has 0 saturated carbocycles. The molecule has 0 unspecified atom stereocenters. The zero-order chi connectivity index (χ0) is 13.9. The van der Waals surface area contributed by atoms with Crippen LogP contribution in [0.4, 0.5) is 5.69 Å². The number of benzene rings is 2. The lowest BCUT2D eigenvalue weighted by atomic mass is 10.2. The van der Waals surface area contributed by atoms with Gasteiger partial charge in [0.25, 0.3) is 5.91 Å². The van der Waals surface area contributed by atoms with Gasteiger partial charge in [0.15, 0.2) is 5.11 Å². The third kappa shape index (κ3) is 2.48. The molecule has 4 nitrogen and oxygen atoms in total. The molecular formula is C15H12N2O2S. The van der Waals surface area contributed by atoms with Crippen molar-refractivity contribution in [3.05, 3.63) is 54.6 Å². The van der Waals surface area contributed by atoms with Gasteiger partial charge in [-0.05, 0) is 48.6 Å². The minimum Gasteiger partial charge on any atom is -0.457 e. The van der Waals surface area contributed by atoms with Gasteiger partial charge in [0.05, 0.1) is 12.2 Å². The second-order valence-corrected chi connectivity index (χ2v) is 4.68. The predicted molar refractivity (Wildman–Crippen MR) is 81.0 cm³/mol. The van der Waals surface area contributed by atoms with Crippen molar-refractivity contribution in [2.24, 2.45) is 0 Å². The Morgan fingerprint density at radius 1 is 1.00 bits per heavy atom. The van der Waals surface area contributed by atoms with E-state index >= 15 is 0 Å². The maximum atomic E-state index is 11.7. The van der Waals surface area contributed by atoms with Gasteiger partial charge >= 0.3 is 0 Å². The number of thiocarbonyl (C=S) groups is 1. The number of para-hydroxylation sites is 1. The highest BCUT2D eigenvalue weighted by Gasteiger charge is 2.26. The molecule has 1 heterocycles. The monoisotopic (exact) mass is 284 g/mol. The van der Waals surface area contributed by atoms with Crippen molar-refractivity contribution in [1.82, 2.24) is 5.32 Å². The molecule has 0 aromatic heterocycles. The van der Waals surface area contributed by atoms with Gasteiger partial charge in [-0.25, -0.2) is 0 Å². The highest BCUT2D eigenvalue weighted by Crippen LogP contribution is 2.25. The summed E-state index contributed by atoms with van der Waals surface area (Å²) in [5, 5.41) is 3.29. The van der Waals surface area contributed by atoms with E-state index in [9.17, 15) is 4.79 Å². The molecule has 20 heavy (non-hydrogen) atoms. The van der Waals surface area contributed by atoms with Gasteiger partial charge in [0, 0.05) is 0 Å². The minimum absolute atomic E-state index is 0.0493. The van der Waals surface area contributed by atoms with Gasteiger partial charge in [0.1, 0.15) is 11.5 Å². The second kappa shape index (κ2) is 5.30. The van der Waals surface area contributed by atoms with E-state index in [4.69, 9.17) is 17.0 Å². The van der Waals surface area contributed by atoms with Gasteiger partial charge < -0.3 is 10.1 Å². The summed E-state index contributed by atoms with van der Waals surface area (Å²) in [6.45, 7) is 0.251. The third-order valence-electron chi connectivity index (χ3n) is 2.92. The lowest BCUT2D eigenvalue weighted by molar-refractivity contribution is -0.115. The number of nitrogens with zero attached hydrogens (tertiary/aromatic N) is 1. The number of hydrogen-bond acceptors (Lipinski definition) is 3. The van der Waals surface area contributed by atoms with E-state index in [2.05, 4.69) is 5.32 Å². The third-order valence-corrected chi connectivity index (χ3v) is 3.24. The van der Waals surface area contributed by atoms with Crippen LogP contribution < -0.4 is 15.0 Å². The Bertz CT molecular complexity index is 625. The van der Waals surface area contributed by atoms with Crippen molar-refractivity contribution in [1.29, 1.82) is 0 Å². The number of ether oxygens (including phenoxy) is 1. The topological polar surface area (TPSA) is 41.6 Å². The first-order chi connectivity index (χ1) is 9.74. The van der Waals surface area contributed by atoms with E-state index in [0.29, 0.717) is 10.9 Å². The van der Waals surface area contributed by atoms with Crippen molar-refractivity contribution in [2.45, 2.75) is 0 Å². The molecule has 1 amide bonds. The SMILES string of the molecule is O=C1CNC(=S)N1c1ccc(Oc2ccccc2)cc1.